The predicted octanol–water partition coefficient (Wildman–Crippen LogP) is 5.89. The van der Waals surface area contributed by atoms with E-state index in [1.807, 2.05) is 0 Å². The molecule has 1 aliphatic carbocycles. The van der Waals surface area contributed by atoms with Gasteiger partial charge < -0.3 is 10.2 Å². The second kappa shape index (κ2) is 13.2. The van der Waals surface area contributed by atoms with Gasteiger partial charge in [0.15, 0.2) is 0 Å². The molecule has 3 atom stereocenters. The van der Waals surface area contributed by atoms with Crippen LogP contribution in [0.2, 0.25) is 0 Å². The molecular formula is C21H38O4. The van der Waals surface area contributed by atoms with Crippen molar-refractivity contribution in [3.05, 3.63) is 0 Å². The van der Waals surface area contributed by atoms with Gasteiger partial charge in [-0.1, -0.05) is 77.6 Å². The van der Waals surface area contributed by atoms with Crippen LogP contribution in [0.4, 0.5) is 0 Å². The molecule has 0 aromatic carbocycles. The molecule has 1 rings (SSSR count). The zero-order valence-electron chi connectivity index (χ0n) is 16.0. The Labute approximate surface area is 153 Å². The highest BCUT2D eigenvalue weighted by molar-refractivity contribution is 5.74. The summed E-state index contributed by atoms with van der Waals surface area (Å²) in [5.74, 6) is -0.777. The van der Waals surface area contributed by atoms with E-state index in [1.165, 1.54) is 57.8 Å². The van der Waals surface area contributed by atoms with Gasteiger partial charge in [-0.15, -0.1) is 0 Å². The van der Waals surface area contributed by atoms with Gasteiger partial charge >= 0.3 is 11.9 Å². The molecule has 1 aliphatic rings. The van der Waals surface area contributed by atoms with Crippen molar-refractivity contribution in [3.8, 4) is 0 Å². The Morgan fingerprint density at radius 1 is 0.680 bits per heavy atom. The van der Waals surface area contributed by atoms with E-state index >= 15 is 0 Å². The number of hydrogen-bond donors (Lipinski definition) is 2. The molecule has 4 nitrogen and oxygen atoms in total. The molecule has 0 heterocycles. The Kier molecular flexibility index (Phi) is 11.6. The van der Waals surface area contributed by atoms with Gasteiger partial charge in [-0.25, -0.2) is 0 Å². The lowest BCUT2D eigenvalue weighted by molar-refractivity contribution is -0.139. The van der Waals surface area contributed by atoms with Crippen LogP contribution in [0.25, 0.3) is 0 Å². The predicted molar refractivity (Wildman–Crippen MR) is 101 cm³/mol. The largest absolute Gasteiger partial charge is 0.481 e. The fourth-order valence-electron chi connectivity index (χ4n) is 4.12. The minimum atomic E-state index is -0.738. The van der Waals surface area contributed by atoms with E-state index in [0.29, 0.717) is 18.3 Å². The van der Waals surface area contributed by atoms with Gasteiger partial charge in [0, 0.05) is 6.42 Å². The van der Waals surface area contributed by atoms with Crippen molar-refractivity contribution in [1.82, 2.24) is 0 Å². The van der Waals surface area contributed by atoms with Crippen molar-refractivity contribution < 1.29 is 19.8 Å². The number of aliphatic carboxylic acids is 2. The number of hydrogen-bond acceptors (Lipinski definition) is 2. The van der Waals surface area contributed by atoms with E-state index in [9.17, 15) is 14.7 Å². The second-order valence-electron chi connectivity index (χ2n) is 7.80. The van der Waals surface area contributed by atoms with E-state index in [0.717, 1.165) is 25.7 Å². The zero-order chi connectivity index (χ0) is 18.5. The van der Waals surface area contributed by atoms with Gasteiger partial charge in [0.05, 0.1) is 5.92 Å². The molecule has 0 spiro atoms. The van der Waals surface area contributed by atoms with Gasteiger partial charge in [0.25, 0.3) is 0 Å². The monoisotopic (exact) mass is 354 g/mol. The van der Waals surface area contributed by atoms with Gasteiger partial charge in [0.2, 0.25) is 0 Å². The Balaban J connectivity index is 2.03. The van der Waals surface area contributed by atoms with E-state index in [1.54, 1.807) is 0 Å². The van der Waals surface area contributed by atoms with Gasteiger partial charge in [-0.05, 0) is 31.1 Å². The summed E-state index contributed by atoms with van der Waals surface area (Å²) in [6, 6.07) is 0. The molecule has 25 heavy (non-hydrogen) atoms. The first-order valence-corrected chi connectivity index (χ1v) is 10.5. The maximum Gasteiger partial charge on any atom is 0.307 e. The first-order chi connectivity index (χ1) is 12.1. The molecule has 146 valence electrons. The zero-order valence-corrected chi connectivity index (χ0v) is 16.0. The van der Waals surface area contributed by atoms with E-state index < -0.39 is 11.9 Å². The lowest BCUT2D eigenvalue weighted by Gasteiger charge is -2.02. The third-order valence-electron chi connectivity index (χ3n) is 5.69. The van der Waals surface area contributed by atoms with Crippen LogP contribution in [-0.4, -0.2) is 22.2 Å². The van der Waals surface area contributed by atoms with Crippen LogP contribution in [0.5, 0.6) is 0 Å². The summed E-state index contributed by atoms with van der Waals surface area (Å²) >= 11 is 0. The second-order valence-corrected chi connectivity index (χ2v) is 7.80. The Hall–Kier alpha value is -1.06. The standard InChI is InChI=1S/C21H38O4/c1-2-3-4-5-6-7-8-9-11-14-17-18(20(17)21(24)25)15-12-10-13-16-19(22)23/h17-18,20H,2-16H2,1H3,(H,22,23)(H,24,25). The van der Waals surface area contributed by atoms with Crippen LogP contribution in [0.1, 0.15) is 103 Å². The van der Waals surface area contributed by atoms with Crippen LogP contribution in [0.15, 0.2) is 0 Å². The smallest absolute Gasteiger partial charge is 0.307 e. The SMILES string of the molecule is CCCCCCCCCCCC1C(CCCCCC(=O)O)C1C(=O)O. The molecule has 0 aromatic rings. The molecule has 1 saturated carbocycles. The Bertz CT molecular complexity index is 380. The fraction of sp³-hybridized carbons (Fsp3) is 0.905. The van der Waals surface area contributed by atoms with Crippen molar-refractivity contribution in [2.75, 3.05) is 0 Å². The summed E-state index contributed by atoms with van der Waals surface area (Å²) in [5.41, 5.74) is 0. The van der Waals surface area contributed by atoms with Crippen LogP contribution >= 0.6 is 0 Å². The molecule has 3 unspecified atom stereocenters. The van der Waals surface area contributed by atoms with Crippen molar-refractivity contribution in [1.29, 1.82) is 0 Å². The third kappa shape index (κ3) is 9.86. The molecule has 0 aromatic heterocycles. The fourth-order valence-corrected chi connectivity index (χ4v) is 4.12. The number of carbonyl (C=O) groups is 2. The average Bonchev–Trinajstić information content (AvgIpc) is 3.26. The van der Waals surface area contributed by atoms with Crippen LogP contribution < -0.4 is 0 Å². The quantitative estimate of drug-likeness (QED) is 0.319. The highest BCUT2D eigenvalue weighted by atomic mass is 16.4. The van der Waals surface area contributed by atoms with Crippen LogP contribution in [0.3, 0.4) is 0 Å². The third-order valence-corrected chi connectivity index (χ3v) is 5.69. The van der Waals surface area contributed by atoms with Crippen molar-refractivity contribution >= 4 is 11.9 Å². The van der Waals surface area contributed by atoms with Gasteiger partial charge in [-0.3, -0.25) is 9.59 Å². The highest BCUT2D eigenvalue weighted by Crippen LogP contribution is 2.52. The molecule has 4 heteroatoms. The van der Waals surface area contributed by atoms with Crippen LogP contribution in [0, 0.1) is 17.8 Å². The number of carboxylic acids is 2. The highest BCUT2D eigenvalue weighted by Gasteiger charge is 2.53. The summed E-state index contributed by atoms with van der Waals surface area (Å²) in [5, 5.41) is 18.0. The topological polar surface area (TPSA) is 74.6 Å². The maximum absolute atomic E-state index is 11.3. The Morgan fingerprint density at radius 3 is 1.56 bits per heavy atom. The van der Waals surface area contributed by atoms with Gasteiger partial charge in [-0.2, -0.15) is 0 Å². The minimum absolute atomic E-state index is 0.131. The number of rotatable bonds is 17. The summed E-state index contributed by atoms with van der Waals surface area (Å²) in [6.07, 6.45) is 16.6. The molecule has 0 radical (unpaired) electrons. The van der Waals surface area contributed by atoms with Crippen LogP contribution in [-0.2, 0) is 9.59 Å². The Morgan fingerprint density at radius 2 is 1.12 bits per heavy atom. The lowest BCUT2D eigenvalue weighted by atomic mass is 10.0. The molecule has 0 saturated heterocycles. The molecule has 1 fully saturated rings. The van der Waals surface area contributed by atoms with E-state index in [2.05, 4.69) is 6.92 Å². The molecular weight excluding hydrogens is 316 g/mol. The summed E-state index contributed by atoms with van der Waals surface area (Å²) in [4.78, 5) is 21.8. The van der Waals surface area contributed by atoms with Crippen molar-refractivity contribution in [2.45, 2.75) is 103 Å². The normalized spacial score (nSPS) is 22.0. The minimum Gasteiger partial charge on any atom is -0.481 e. The van der Waals surface area contributed by atoms with Crippen molar-refractivity contribution in [3.63, 3.8) is 0 Å². The summed E-state index contributed by atoms with van der Waals surface area (Å²) < 4.78 is 0. The molecule has 0 aliphatic heterocycles. The van der Waals surface area contributed by atoms with E-state index in [4.69, 9.17) is 5.11 Å². The molecule has 0 amide bonds. The lowest BCUT2D eigenvalue weighted by Crippen LogP contribution is -2.01. The maximum atomic E-state index is 11.3. The molecule has 0 bridgehead atoms. The average molecular weight is 355 g/mol. The van der Waals surface area contributed by atoms with Gasteiger partial charge in [0.1, 0.15) is 0 Å². The summed E-state index contributed by atoms with van der Waals surface area (Å²) in [6.45, 7) is 2.24. The van der Waals surface area contributed by atoms with Crippen molar-refractivity contribution in [2.24, 2.45) is 17.8 Å². The summed E-state index contributed by atoms with van der Waals surface area (Å²) in [7, 11) is 0. The van der Waals surface area contributed by atoms with E-state index in [-0.39, 0.29) is 12.3 Å². The number of unbranched alkanes of at least 4 members (excludes halogenated alkanes) is 10. The molecule has 2 N–H and O–H groups in total. The number of carboxylic acid groups (broad SMARTS) is 2. The first-order valence-electron chi connectivity index (χ1n) is 10.5. The first kappa shape index (κ1) is 22.0.